The maximum atomic E-state index is 6.75. The van der Waals surface area contributed by atoms with Gasteiger partial charge in [0.25, 0.3) is 0 Å². The van der Waals surface area contributed by atoms with E-state index in [-0.39, 0.29) is 16.2 Å². The molecular weight excluding hydrogens is 673 g/mol. The summed E-state index contributed by atoms with van der Waals surface area (Å²) in [6.07, 6.45) is 1.92. The Morgan fingerprint density at radius 2 is 1.09 bits per heavy atom. The number of para-hydroxylation sites is 1. The van der Waals surface area contributed by atoms with Crippen molar-refractivity contribution in [2.24, 2.45) is 10.8 Å². The number of rotatable bonds is 6. The molecule has 278 valence electrons. The van der Waals surface area contributed by atoms with Gasteiger partial charge < -0.3 is 14.5 Å². The van der Waals surface area contributed by atoms with Crippen molar-refractivity contribution in [1.29, 1.82) is 0 Å². The largest absolute Gasteiger partial charge is 0.457 e. The molecule has 0 bridgehead atoms. The van der Waals surface area contributed by atoms with Gasteiger partial charge in [-0.3, -0.25) is 4.57 Å². The molecule has 0 saturated carbocycles. The lowest BCUT2D eigenvalue weighted by atomic mass is 9.82. The molecule has 0 atom stereocenters. The van der Waals surface area contributed by atoms with Crippen LogP contribution in [-0.4, -0.2) is 16.2 Å². The van der Waals surface area contributed by atoms with Crippen molar-refractivity contribution < 1.29 is 4.74 Å². The molecule has 1 aliphatic heterocycles. The number of allylic oxidation sites excluding steroid dienone is 2. The monoisotopic (exact) mass is 724 g/mol. The number of fused-ring (bicyclic) bond motifs is 3. The van der Waals surface area contributed by atoms with Crippen LogP contribution >= 0.6 is 0 Å². The smallest absolute Gasteiger partial charge is 0.137 e. The molecule has 5 nitrogen and oxygen atoms in total. The van der Waals surface area contributed by atoms with Crippen molar-refractivity contribution in [3.8, 4) is 28.4 Å². The van der Waals surface area contributed by atoms with Gasteiger partial charge >= 0.3 is 0 Å². The van der Waals surface area contributed by atoms with Gasteiger partial charge in [0.15, 0.2) is 0 Å². The molecule has 3 heterocycles. The molecule has 0 spiro atoms. The zero-order valence-electron chi connectivity index (χ0n) is 33.7. The lowest BCUT2D eigenvalue weighted by Gasteiger charge is -2.34. The quantitative estimate of drug-likeness (QED) is 0.171. The predicted octanol–water partition coefficient (Wildman–Crippen LogP) is 13.5. The number of hydrogen-bond donors (Lipinski definition) is 0. The summed E-state index contributed by atoms with van der Waals surface area (Å²) in [5.74, 6) is 2.48. The lowest BCUT2D eigenvalue weighted by Crippen LogP contribution is -2.31. The first-order chi connectivity index (χ1) is 26.2. The number of anilines is 2. The summed E-state index contributed by atoms with van der Waals surface area (Å²) in [6, 6.07) is 47.5. The van der Waals surface area contributed by atoms with Gasteiger partial charge in [-0.1, -0.05) is 129 Å². The normalized spacial score (nSPS) is 14.1. The SMILES string of the molecule is CC(C)(C)C1=C(C(C)(C)C)N(c2cccc(-c3ccccc3)c2)CN1c1cccc(Oc2ccc3c4ccccc4n(-c4cc(C(C)(C)C)ccn4)c3c2)c1. The predicted molar refractivity (Wildman–Crippen MR) is 231 cm³/mol. The first kappa shape index (κ1) is 36.2. The molecule has 7 aromatic rings. The van der Waals surface area contributed by atoms with Crippen LogP contribution in [0.2, 0.25) is 0 Å². The van der Waals surface area contributed by atoms with E-state index in [1.165, 1.54) is 44.5 Å². The van der Waals surface area contributed by atoms with Crippen LogP contribution in [0, 0.1) is 10.8 Å². The minimum atomic E-state index is -0.123. The Bertz CT molecular complexity index is 2560. The van der Waals surface area contributed by atoms with Crippen LogP contribution in [0.15, 0.2) is 151 Å². The Balaban J connectivity index is 1.18. The molecule has 0 fully saturated rings. The molecule has 0 unspecified atom stereocenters. The summed E-state index contributed by atoms with van der Waals surface area (Å²) in [4.78, 5) is 9.87. The van der Waals surface area contributed by atoms with Crippen molar-refractivity contribution in [3.63, 3.8) is 0 Å². The molecule has 0 saturated heterocycles. The first-order valence-electron chi connectivity index (χ1n) is 19.4. The molecule has 0 amide bonds. The second kappa shape index (κ2) is 13.5. The van der Waals surface area contributed by atoms with Crippen molar-refractivity contribution in [2.75, 3.05) is 16.5 Å². The Kier molecular flexibility index (Phi) is 8.87. The maximum Gasteiger partial charge on any atom is 0.137 e. The Hall–Kier alpha value is -5.81. The van der Waals surface area contributed by atoms with Gasteiger partial charge in [-0.25, -0.2) is 4.98 Å². The first-order valence-corrected chi connectivity index (χ1v) is 19.4. The highest BCUT2D eigenvalue weighted by atomic mass is 16.5. The van der Waals surface area contributed by atoms with Gasteiger partial charge in [0.2, 0.25) is 0 Å². The molecule has 0 N–H and O–H groups in total. The molecule has 55 heavy (non-hydrogen) atoms. The van der Waals surface area contributed by atoms with E-state index in [1.54, 1.807) is 0 Å². The van der Waals surface area contributed by atoms with E-state index < -0.39 is 0 Å². The van der Waals surface area contributed by atoms with E-state index >= 15 is 0 Å². The molecule has 0 aliphatic carbocycles. The van der Waals surface area contributed by atoms with E-state index in [2.05, 4.69) is 210 Å². The van der Waals surface area contributed by atoms with Gasteiger partial charge in [0.05, 0.1) is 17.7 Å². The fourth-order valence-electron chi connectivity index (χ4n) is 8.08. The standard InChI is InChI=1S/C50H52N4O/c1-48(2,3)36-27-28-51-45(30-36)54-43-24-14-13-23-41(43)42-26-25-40(32-44(42)54)55-39-22-16-21-38(31-39)53-33-52(46(49(4,5)6)47(53)50(7,8)9)37-20-15-19-35(29-37)34-17-11-10-12-18-34/h10-32H,33H2,1-9H3. The molecular formula is C50H52N4O. The molecule has 1 aliphatic rings. The minimum absolute atomic E-state index is 0.00397. The molecule has 2 aromatic heterocycles. The molecule has 5 heteroatoms. The summed E-state index contributed by atoms with van der Waals surface area (Å²) in [5, 5.41) is 2.36. The number of benzene rings is 5. The van der Waals surface area contributed by atoms with E-state index in [0.29, 0.717) is 6.67 Å². The van der Waals surface area contributed by atoms with Crippen LogP contribution < -0.4 is 14.5 Å². The summed E-state index contributed by atoms with van der Waals surface area (Å²) >= 11 is 0. The third kappa shape index (κ3) is 6.89. The number of aromatic nitrogens is 2. The Morgan fingerprint density at radius 1 is 0.491 bits per heavy atom. The van der Waals surface area contributed by atoms with Gasteiger partial charge in [-0.05, 0) is 76.7 Å². The average molecular weight is 725 g/mol. The highest BCUT2D eigenvalue weighted by molar-refractivity contribution is 6.09. The summed E-state index contributed by atoms with van der Waals surface area (Å²) < 4.78 is 9.02. The third-order valence-electron chi connectivity index (χ3n) is 10.6. The van der Waals surface area contributed by atoms with Crippen LogP contribution in [0.1, 0.15) is 67.9 Å². The zero-order chi connectivity index (χ0) is 38.7. The molecule has 5 aromatic carbocycles. The van der Waals surface area contributed by atoms with Gasteiger partial charge in [-0.15, -0.1) is 0 Å². The van der Waals surface area contributed by atoms with Crippen molar-refractivity contribution >= 4 is 33.2 Å². The van der Waals surface area contributed by atoms with E-state index in [1.807, 2.05) is 6.20 Å². The Morgan fingerprint density at radius 3 is 1.78 bits per heavy atom. The average Bonchev–Trinajstić information content (AvgIpc) is 3.73. The van der Waals surface area contributed by atoms with Crippen molar-refractivity contribution in [2.45, 2.75) is 67.7 Å². The highest BCUT2D eigenvalue weighted by Gasteiger charge is 2.41. The second-order valence-corrected chi connectivity index (χ2v) is 17.9. The van der Waals surface area contributed by atoms with E-state index in [9.17, 15) is 0 Å². The second-order valence-electron chi connectivity index (χ2n) is 17.9. The van der Waals surface area contributed by atoms with Crippen LogP contribution in [0.25, 0.3) is 38.8 Å². The number of ether oxygens (including phenoxy) is 1. The summed E-state index contributed by atoms with van der Waals surface area (Å²) in [7, 11) is 0. The third-order valence-corrected chi connectivity index (χ3v) is 10.6. The maximum absolute atomic E-state index is 6.75. The molecule has 0 radical (unpaired) electrons. The van der Waals surface area contributed by atoms with E-state index in [4.69, 9.17) is 9.72 Å². The van der Waals surface area contributed by atoms with Gasteiger partial charge in [0, 0.05) is 62.7 Å². The molecule has 8 rings (SSSR count). The lowest BCUT2D eigenvalue weighted by molar-refractivity contribution is 0.444. The number of hydrogen-bond acceptors (Lipinski definition) is 4. The van der Waals surface area contributed by atoms with Crippen LogP contribution in [0.4, 0.5) is 11.4 Å². The Labute approximate surface area is 326 Å². The van der Waals surface area contributed by atoms with Gasteiger partial charge in [0.1, 0.15) is 17.3 Å². The zero-order valence-corrected chi connectivity index (χ0v) is 33.7. The van der Waals surface area contributed by atoms with Crippen LogP contribution in [-0.2, 0) is 5.41 Å². The number of nitrogens with zero attached hydrogens (tertiary/aromatic N) is 4. The minimum Gasteiger partial charge on any atom is -0.457 e. The van der Waals surface area contributed by atoms with Crippen molar-refractivity contribution in [3.05, 3.63) is 157 Å². The van der Waals surface area contributed by atoms with Crippen LogP contribution in [0.5, 0.6) is 11.5 Å². The number of pyridine rings is 1. The fourth-order valence-corrected chi connectivity index (χ4v) is 8.08. The van der Waals surface area contributed by atoms with E-state index in [0.717, 1.165) is 34.0 Å². The van der Waals surface area contributed by atoms with Crippen LogP contribution in [0.3, 0.4) is 0 Å². The highest BCUT2D eigenvalue weighted by Crippen LogP contribution is 2.48. The summed E-state index contributed by atoms with van der Waals surface area (Å²) in [5.41, 5.74) is 10.6. The van der Waals surface area contributed by atoms with Gasteiger partial charge in [-0.2, -0.15) is 0 Å². The summed E-state index contributed by atoms with van der Waals surface area (Å²) in [6.45, 7) is 21.4. The topological polar surface area (TPSA) is 33.5 Å². The van der Waals surface area contributed by atoms with Crippen molar-refractivity contribution in [1.82, 2.24) is 9.55 Å². The fraction of sp³-hybridized carbons (Fsp3) is 0.260.